The van der Waals surface area contributed by atoms with Gasteiger partial charge in [0.15, 0.2) is 5.82 Å². The summed E-state index contributed by atoms with van der Waals surface area (Å²) in [5.41, 5.74) is 14.8. The molecule has 224 valence electrons. The van der Waals surface area contributed by atoms with Crippen LogP contribution in [0.2, 0.25) is 0 Å². The maximum atomic E-state index is 4.92. The van der Waals surface area contributed by atoms with Crippen LogP contribution in [0.15, 0.2) is 67.0 Å². The fourth-order valence-corrected chi connectivity index (χ4v) is 7.82. The summed E-state index contributed by atoms with van der Waals surface area (Å²) >= 11 is 0. The van der Waals surface area contributed by atoms with Crippen LogP contribution in [0.5, 0.6) is 0 Å². The van der Waals surface area contributed by atoms with Gasteiger partial charge in [0.05, 0.1) is 11.4 Å². The predicted octanol–water partition coefficient (Wildman–Crippen LogP) is 10.0. The highest BCUT2D eigenvalue weighted by molar-refractivity contribution is 6.11. The average Bonchev–Trinajstić information content (AvgIpc) is 3.64. The number of hydrogen-bond donors (Lipinski definition) is 0. The van der Waals surface area contributed by atoms with Crippen LogP contribution in [-0.2, 0) is 12.5 Å². The molecule has 1 aromatic heterocycles. The van der Waals surface area contributed by atoms with E-state index < -0.39 is 0 Å². The molecule has 4 nitrogen and oxygen atoms in total. The van der Waals surface area contributed by atoms with Gasteiger partial charge >= 0.3 is 0 Å². The summed E-state index contributed by atoms with van der Waals surface area (Å²) in [4.78, 5) is 10.2. The molecule has 7 rings (SSSR count). The fourth-order valence-electron chi connectivity index (χ4n) is 7.82. The molecular weight excluding hydrogens is 524 g/mol. The molecule has 0 fully saturated rings. The lowest BCUT2D eigenvalue weighted by atomic mass is 9.80. The normalized spacial score (nSPS) is 17.6. The summed E-state index contributed by atoms with van der Waals surface area (Å²) < 4.78 is 2.18. The number of benzene rings is 3. The number of rotatable bonds is 5. The van der Waals surface area contributed by atoms with E-state index in [1.165, 1.54) is 61.6 Å². The first-order valence-corrected chi connectivity index (χ1v) is 16.2. The number of anilines is 1. The van der Waals surface area contributed by atoms with Crippen LogP contribution in [-0.4, -0.2) is 26.7 Å². The van der Waals surface area contributed by atoms with E-state index in [4.69, 9.17) is 4.98 Å². The Bertz CT molecular complexity index is 1710. The third-order valence-electron chi connectivity index (χ3n) is 9.66. The van der Waals surface area contributed by atoms with E-state index in [9.17, 15) is 0 Å². The first-order valence-electron chi connectivity index (χ1n) is 16.2. The molecule has 1 unspecified atom stereocenters. The van der Waals surface area contributed by atoms with Crippen LogP contribution >= 0.6 is 0 Å². The minimum Gasteiger partial charge on any atom is -0.343 e. The number of aromatic nitrogens is 2. The first kappa shape index (κ1) is 29.3. The lowest BCUT2D eigenvalue weighted by Crippen LogP contribution is -2.50. The van der Waals surface area contributed by atoms with E-state index in [1.54, 1.807) is 0 Å². The highest BCUT2D eigenvalue weighted by Gasteiger charge is 2.57. The van der Waals surface area contributed by atoms with Crippen molar-refractivity contribution in [1.82, 2.24) is 14.5 Å². The summed E-state index contributed by atoms with van der Waals surface area (Å²) in [6.07, 6.45) is 4.19. The van der Waals surface area contributed by atoms with Gasteiger partial charge in [0.25, 0.3) is 0 Å². The number of aryl methyl sites for hydroxylation is 1. The molecule has 0 aliphatic carbocycles. The number of nitrogens with zero attached hydrogens (tertiary/aromatic N) is 4. The van der Waals surface area contributed by atoms with Gasteiger partial charge in [-0.2, -0.15) is 0 Å². The SMILES string of the molecule is CC.CC(C)c1cccc(C(C)C)c1-c1ccc2c(c1)-c1cccc3c1N1C2=C(c2nccn2C)N(C(C)C)C1C3(C)C. The fraction of sp³-hybridized carbons (Fsp3) is 0.410. The lowest BCUT2D eigenvalue weighted by Gasteiger charge is -2.40. The van der Waals surface area contributed by atoms with Crippen LogP contribution in [0.25, 0.3) is 33.6 Å². The van der Waals surface area contributed by atoms with E-state index in [0.29, 0.717) is 17.9 Å². The van der Waals surface area contributed by atoms with Gasteiger partial charge in [0, 0.05) is 42.0 Å². The number of hydrogen-bond acceptors (Lipinski definition) is 3. The molecule has 0 saturated heterocycles. The third-order valence-corrected chi connectivity index (χ3v) is 9.66. The minimum absolute atomic E-state index is 0.0618. The third kappa shape index (κ3) is 4.05. The second kappa shape index (κ2) is 10.4. The highest BCUT2D eigenvalue weighted by Crippen LogP contribution is 2.63. The minimum atomic E-state index is -0.0618. The second-order valence-electron chi connectivity index (χ2n) is 13.6. The standard InChI is InChI=1S/C37H42N4.C2H6/c1-21(2)25-12-10-13-26(22(3)4)31(25)24-16-17-28-29(20-24)27-14-11-15-30-32(27)41-33(28)34(35-38-18-19-39(35)9)40(23(5)6)36(41)37(30,7)8;1-2/h10-23,36H,1-9H3;1-2H3. The number of imidazole rings is 1. The molecule has 0 spiro atoms. The largest absolute Gasteiger partial charge is 0.343 e. The Morgan fingerprint density at radius 3 is 2.00 bits per heavy atom. The molecule has 1 atom stereocenters. The van der Waals surface area contributed by atoms with E-state index in [1.807, 2.05) is 20.0 Å². The van der Waals surface area contributed by atoms with Crippen molar-refractivity contribution in [3.63, 3.8) is 0 Å². The molecule has 0 bridgehead atoms. The van der Waals surface area contributed by atoms with Crippen LogP contribution in [0.3, 0.4) is 0 Å². The van der Waals surface area contributed by atoms with Gasteiger partial charge in [-0.15, -0.1) is 0 Å². The second-order valence-corrected chi connectivity index (χ2v) is 13.6. The Balaban J connectivity index is 0.00000161. The quantitative estimate of drug-likeness (QED) is 0.238. The summed E-state index contributed by atoms with van der Waals surface area (Å²) in [7, 11) is 2.12. The van der Waals surface area contributed by atoms with Gasteiger partial charge in [0.1, 0.15) is 11.9 Å². The molecule has 4 aromatic rings. The maximum absolute atomic E-state index is 4.92. The summed E-state index contributed by atoms with van der Waals surface area (Å²) in [6.45, 7) is 22.7. The Labute approximate surface area is 259 Å². The summed E-state index contributed by atoms with van der Waals surface area (Å²) in [5.74, 6) is 1.93. The molecule has 3 aliphatic rings. The van der Waals surface area contributed by atoms with Gasteiger partial charge in [0.2, 0.25) is 0 Å². The van der Waals surface area contributed by atoms with Crippen molar-refractivity contribution in [2.24, 2.45) is 7.05 Å². The van der Waals surface area contributed by atoms with Crippen LogP contribution in [0, 0.1) is 0 Å². The number of fused-ring (bicyclic) bond motifs is 3. The van der Waals surface area contributed by atoms with E-state index in [0.717, 1.165) is 5.82 Å². The van der Waals surface area contributed by atoms with E-state index in [2.05, 4.69) is 138 Å². The van der Waals surface area contributed by atoms with Crippen LogP contribution in [0.4, 0.5) is 5.69 Å². The highest BCUT2D eigenvalue weighted by atomic mass is 15.5. The zero-order valence-electron chi connectivity index (χ0n) is 27.9. The Morgan fingerprint density at radius 2 is 1.42 bits per heavy atom. The average molecular weight is 573 g/mol. The Morgan fingerprint density at radius 1 is 0.767 bits per heavy atom. The molecule has 0 saturated carbocycles. The van der Waals surface area contributed by atoms with Gasteiger partial charge in [-0.3, -0.25) is 0 Å². The molecule has 43 heavy (non-hydrogen) atoms. The van der Waals surface area contributed by atoms with Crippen molar-refractivity contribution >= 4 is 17.1 Å². The van der Waals surface area contributed by atoms with Gasteiger partial charge in [-0.05, 0) is 65.1 Å². The van der Waals surface area contributed by atoms with Crippen LogP contribution < -0.4 is 4.90 Å². The van der Waals surface area contributed by atoms with Crippen molar-refractivity contribution < 1.29 is 0 Å². The van der Waals surface area contributed by atoms with Crippen molar-refractivity contribution in [2.45, 2.75) is 98.7 Å². The van der Waals surface area contributed by atoms with Gasteiger partial charge < -0.3 is 14.4 Å². The molecule has 4 heterocycles. The van der Waals surface area contributed by atoms with Crippen molar-refractivity contribution in [3.8, 4) is 22.3 Å². The van der Waals surface area contributed by atoms with Crippen molar-refractivity contribution in [1.29, 1.82) is 0 Å². The molecule has 0 N–H and O–H groups in total. The monoisotopic (exact) mass is 572 g/mol. The molecule has 0 amide bonds. The van der Waals surface area contributed by atoms with E-state index >= 15 is 0 Å². The first-order chi connectivity index (χ1) is 20.5. The number of para-hydroxylation sites is 1. The molecule has 4 heteroatoms. The molecule has 3 aromatic carbocycles. The molecule has 3 aliphatic heterocycles. The Kier molecular flexibility index (Phi) is 7.11. The molecule has 0 radical (unpaired) electrons. The zero-order chi connectivity index (χ0) is 31.0. The summed E-state index contributed by atoms with van der Waals surface area (Å²) in [5, 5.41) is 0. The molecular formula is C39H48N4. The maximum Gasteiger partial charge on any atom is 0.158 e. The van der Waals surface area contributed by atoms with Gasteiger partial charge in [-0.1, -0.05) is 104 Å². The topological polar surface area (TPSA) is 24.3 Å². The lowest BCUT2D eigenvalue weighted by molar-refractivity contribution is 0.198. The van der Waals surface area contributed by atoms with Crippen molar-refractivity contribution in [3.05, 3.63) is 95.1 Å². The van der Waals surface area contributed by atoms with E-state index in [-0.39, 0.29) is 11.6 Å². The predicted molar refractivity (Wildman–Crippen MR) is 183 cm³/mol. The zero-order valence-corrected chi connectivity index (χ0v) is 27.9. The summed E-state index contributed by atoms with van der Waals surface area (Å²) in [6, 6.07) is 21.4. The van der Waals surface area contributed by atoms with Gasteiger partial charge in [-0.25, -0.2) is 4.98 Å². The smallest absolute Gasteiger partial charge is 0.158 e. The Hall–Kier alpha value is -3.79. The van der Waals surface area contributed by atoms with Crippen LogP contribution in [0.1, 0.15) is 109 Å². The van der Waals surface area contributed by atoms with Crippen molar-refractivity contribution in [2.75, 3.05) is 4.90 Å².